The molecule has 0 fully saturated rings. The van der Waals surface area contributed by atoms with E-state index in [0.717, 1.165) is 44.6 Å². The lowest BCUT2D eigenvalue weighted by molar-refractivity contribution is 0.669. The number of fused-ring (bicyclic) bond motifs is 9. The quantitative estimate of drug-likeness (QED) is 0.170. The van der Waals surface area contributed by atoms with E-state index in [1.807, 2.05) is 6.07 Å². The van der Waals surface area contributed by atoms with Gasteiger partial charge in [-0.2, -0.15) is 0 Å². The Balaban J connectivity index is 0.966. The maximum atomic E-state index is 6.60. The van der Waals surface area contributed by atoms with Crippen LogP contribution in [0.4, 0.5) is 17.1 Å². The van der Waals surface area contributed by atoms with Gasteiger partial charge in [-0.15, -0.1) is 0 Å². The van der Waals surface area contributed by atoms with Crippen LogP contribution in [0.15, 0.2) is 211 Å². The predicted molar refractivity (Wildman–Crippen MR) is 239 cm³/mol. The zero-order chi connectivity index (χ0) is 37.5. The van der Waals surface area contributed by atoms with Gasteiger partial charge in [-0.1, -0.05) is 140 Å². The highest BCUT2D eigenvalue weighted by molar-refractivity contribution is 6.23. The first-order valence-electron chi connectivity index (χ1n) is 19.5. The van der Waals surface area contributed by atoms with Crippen molar-refractivity contribution in [2.75, 3.05) is 4.90 Å². The van der Waals surface area contributed by atoms with Crippen molar-refractivity contribution in [3.63, 3.8) is 0 Å². The van der Waals surface area contributed by atoms with E-state index >= 15 is 0 Å². The van der Waals surface area contributed by atoms with Crippen LogP contribution < -0.4 is 4.90 Å². The van der Waals surface area contributed by atoms with E-state index in [1.54, 1.807) is 0 Å². The van der Waals surface area contributed by atoms with E-state index in [9.17, 15) is 0 Å². The highest BCUT2D eigenvalue weighted by Gasteiger charge is 2.19. The summed E-state index contributed by atoms with van der Waals surface area (Å²) < 4.78 is 9.05. The Kier molecular flexibility index (Phi) is 6.93. The van der Waals surface area contributed by atoms with Gasteiger partial charge in [0.05, 0.1) is 16.6 Å². The van der Waals surface area contributed by atoms with Gasteiger partial charge in [0, 0.05) is 55.4 Å². The van der Waals surface area contributed by atoms with Crippen LogP contribution >= 0.6 is 0 Å². The zero-order valence-corrected chi connectivity index (χ0v) is 30.9. The summed E-state index contributed by atoms with van der Waals surface area (Å²) in [6.07, 6.45) is 0. The average Bonchev–Trinajstić information content (AvgIpc) is 3.94. The van der Waals surface area contributed by atoms with Gasteiger partial charge in [0.2, 0.25) is 0 Å². The van der Waals surface area contributed by atoms with Crippen LogP contribution in [0.5, 0.6) is 0 Å². The Bertz CT molecular complexity index is 3430. The molecule has 0 amide bonds. The van der Waals surface area contributed by atoms with E-state index in [2.05, 4.69) is 209 Å². The van der Waals surface area contributed by atoms with Crippen LogP contribution in [-0.4, -0.2) is 4.40 Å². The smallest absolute Gasteiger partial charge is 0.137 e. The minimum Gasteiger partial charge on any atom is -0.456 e. The minimum absolute atomic E-state index is 0.862. The molecule has 0 bridgehead atoms. The van der Waals surface area contributed by atoms with Crippen LogP contribution in [0, 0.1) is 0 Å². The summed E-state index contributed by atoms with van der Waals surface area (Å²) in [5, 5.41) is 7.40. The van der Waals surface area contributed by atoms with Gasteiger partial charge >= 0.3 is 0 Å². The SMILES string of the molecule is c1ccc(-c2ccc(N(c3ccc(-c4ccc5c6cccc7c8ccccc8n(c5c4)c76)cc3)c3ccc4c(c3)oc3cc(-c5ccccc5)ccc34)cc2)cc1. The first-order valence-corrected chi connectivity index (χ1v) is 19.5. The lowest BCUT2D eigenvalue weighted by atomic mass is 10.0. The Hall–Kier alpha value is -7.62. The summed E-state index contributed by atoms with van der Waals surface area (Å²) in [4.78, 5) is 2.32. The molecule has 3 aromatic heterocycles. The van der Waals surface area contributed by atoms with Gasteiger partial charge in [0.25, 0.3) is 0 Å². The number of furan rings is 1. The van der Waals surface area contributed by atoms with E-state index in [4.69, 9.17) is 4.42 Å². The number of hydrogen-bond acceptors (Lipinski definition) is 2. The molecule has 0 aliphatic carbocycles. The highest BCUT2D eigenvalue weighted by atomic mass is 16.3. The molecule has 3 heteroatoms. The van der Waals surface area contributed by atoms with Gasteiger partial charge in [-0.05, 0) is 94.0 Å². The Morgan fingerprint density at radius 2 is 0.754 bits per heavy atom. The third kappa shape index (κ3) is 4.99. The molecule has 0 radical (unpaired) electrons. The molecule has 266 valence electrons. The van der Waals surface area contributed by atoms with Crippen molar-refractivity contribution < 1.29 is 4.42 Å². The Labute approximate surface area is 329 Å². The largest absolute Gasteiger partial charge is 0.456 e. The number of aromatic nitrogens is 1. The van der Waals surface area contributed by atoms with Gasteiger partial charge in [0.1, 0.15) is 11.2 Å². The summed E-state index contributed by atoms with van der Waals surface area (Å²) in [5.74, 6) is 0. The Morgan fingerprint density at radius 1 is 0.298 bits per heavy atom. The predicted octanol–water partition coefficient (Wildman–Crippen LogP) is 15.2. The third-order valence-corrected chi connectivity index (χ3v) is 11.7. The second-order valence-electron chi connectivity index (χ2n) is 14.9. The molecule has 0 N–H and O–H groups in total. The fourth-order valence-electron chi connectivity index (χ4n) is 9.01. The fourth-order valence-corrected chi connectivity index (χ4v) is 9.01. The lowest BCUT2D eigenvalue weighted by Crippen LogP contribution is -2.09. The number of benzene rings is 9. The zero-order valence-electron chi connectivity index (χ0n) is 30.9. The molecule has 0 saturated heterocycles. The maximum absolute atomic E-state index is 6.60. The fraction of sp³-hybridized carbons (Fsp3) is 0. The van der Waals surface area contributed by atoms with Crippen molar-refractivity contribution in [3.8, 4) is 33.4 Å². The van der Waals surface area contributed by atoms with Crippen molar-refractivity contribution in [2.45, 2.75) is 0 Å². The van der Waals surface area contributed by atoms with Crippen molar-refractivity contribution in [1.82, 2.24) is 4.40 Å². The molecule has 0 saturated carbocycles. The topological polar surface area (TPSA) is 20.8 Å². The van der Waals surface area contributed by atoms with Crippen molar-refractivity contribution in [3.05, 3.63) is 206 Å². The minimum atomic E-state index is 0.862. The molecule has 0 unspecified atom stereocenters. The number of hydrogen-bond donors (Lipinski definition) is 0. The summed E-state index contributed by atoms with van der Waals surface area (Å²) in [7, 11) is 0. The second-order valence-corrected chi connectivity index (χ2v) is 14.9. The first-order chi connectivity index (χ1) is 28.2. The second kappa shape index (κ2) is 12.5. The number of anilines is 3. The molecule has 57 heavy (non-hydrogen) atoms. The van der Waals surface area contributed by atoms with Crippen LogP contribution in [0.1, 0.15) is 0 Å². The standard InChI is InChI=1S/C54H34N2O/c1-3-10-35(11-4-1)37-18-24-41(25-19-37)55(43-28-31-47-46-30-23-40(36-12-5-2-6-13-36)33-52(46)57-53(47)34-43)42-26-20-38(21-27-42)39-22-29-45-49-16-9-15-48-44-14-7-8-17-50(44)56(54(48)49)51(45)32-39/h1-34H. The molecule has 0 atom stereocenters. The molecular formula is C54H34N2O. The van der Waals surface area contributed by atoms with Crippen LogP contribution in [0.25, 0.3) is 93.4 Å². The lowest BCUT2D eigenvalue weighted by Gasteiger charge is -2.26. The molecule has 0 aliphatic rings. The summed E-state index contributed by atoms with van der Waals surface area (Å²) in [6, 6.07) is 74.3. The summed E-state index contributed by atoms with van der Waals surface area (Å²) in [6.45, 7) is 0. The van der Waals surface area contributed by atoms with E-state index in [1.165, 1.54) is 65.9 Å². The van der Waals surface area contributed by atoms with Gasteiger partial charge in [-0.3, -0.25) is 0 Å². The molecule has 0 aliphatic heterocycles. The van der Waals surface area contributed by atoms with E-state index in [-0.39, 0.29) is 0 Å². The van der Waals surface area contributed by atoms with Crippen LogP contribution in [0.2, 0.25) is 0 Å². The molecule has 12 rings (SSSR count). The number of nitrogens with zero attached hydrogens (tertiary/aromatic N) is 2. The van der Waals surface area contributed by atoms with E-state index in [0.29, 0.717) is 0 Å². The van der Waals surface area contributed by atoms with Crippen molar-refractivity contribution >= 4 is 77.1 Å². The molecular weight excluding hydrogens is 693 g/mol. The molecule has 3 nitrogen and oxygen atoms in total. The molecule has 12 aromatic rings. The first kappa shape index (κ1) is 31.7. The normalized spacial score (nSPS) is 11.9. The summed E-state index contributed by atoms with van der Waals surface area (Å²) in [5.41, 5.74) is 15.8. The van der Waals surface area contributed by atoms with Crippen LogP contribution in [0.3, 0.4) is 0 Å². The molecule has 9 aromatic carbocycles. The number of rotatable bonds is 6. The average molecular weight is 727 g/mol. The van der Waals surface area contributed by atoms with Gasteiger partial charge < -0.3 is 13.7 Å². The third-order valence-electron chi connectivity index (χ3n) is 11.7. The number of para-hydroxylation sites is 2. The maximum Gasteiger partial charge on any atom is 0.137 e. The van der Waals surface area contributed by atoms with Crippen molar-refractivity contribution in [2.24, 2.45) is 0 Å². The van der Waals surface area contributed by atoms with Gasteiger partial charge in [0.15, 0.2) is 0 Å². The monoisotopic (exact) mass is 726 g/mol. The highest BCUT2D eigenvalue weighted by Crippen LogP contribution is 2.42. The van der Waals surface area contributed by atoms with Crippen molar-refractivity contribution in [1.29, 1.82) is 0 Å². The van der Waals surface area contributed by atoms with E-state index < -0.39 is 0 Å². The Morgan fingerprint density at radius 3 is 1.44 bits per heavy atom. The van der Waals surface area contributed by atoms with Crippen LogP contribution in [-0.2, 0) is 0 Å². The molecule has 0 spiro atoms. The summed E-state index contributed by atoms with van der Waals surface area (Å²) >= 11 is 0. The van der Waals surface area contributed by atoms with Gasteiger partial charge in [-0.25, -0.2) is 0 Å². The molecule has 3 heterocycles.